The number of fused-ring (bicyclic) bond motifs is 4. The van der Waals surface area contributed by atoms with Gasteiger partial charge in [0, 0.05) is 35.1 Å². The number of nitrogens with zero attached hydrogens (tertiary/aromatic N) is 3. The summed E-state index contributed by atoms with van der Waals surface area (Å²) in [6, 6.07) is 45.9. The van der Waals surface area contributed by atoms with Gasteiger partial charge in [-0.05, 0) is 92.9 Å². The number of pyridine rings is 3. The molecule has 216 valence electrons. The van der Waals surface area contributed by atoms with Gasteiger partial charge in [-0.3, -0.25) is 15.0 Å². The van der Waals surface area contributed by atoms with E-state index in [4.69, 9.17) is 15.0 Å². The fraction of sp³-hybridized carbons (Fsp3) is 0.119. The van der Waals surface area contributed by atoms with Gasteiger partial charge in [-0.1, -0.05) is 99.6 Å². The normalized spacial score (nSPS) is 13.4. The van der Waals surface area contributed by atoms with Crippen LogP contribution in [0.15, 0.2) is 146 Å². The van der Waals surface area contributed by atoms with Crippen LogP contribution < -0.4 is 0 Å². The first-order valence-electron chi connectivity index (χ1n) is 15.5. The lowest BCUT2D eigenvalue weighted by Crippen LogP contribution is -2.28. The van der Waals surface area contributed by atoms with Crippen LogP contribution in [0, 0.1) is 0 Å². The van der Waals surface area contributed by atoms with Gasteiger partial charge in [0.1, 0.15) is 0 Å². The van der Waals surface area contributed by atoms with Crippen LogP contribution in [0.25, 0.3) is 44.5 Å². The second-order valence-corrected chi connectivity index (χ2v) is 12.9. The van der Waals surface area contributed by atoms with Crippen LogP contribution >= 0.6 is 0 Å². The molecule has 0 unspecified atom stereocenters. The largest absolute Gasteiger partial charge is 0.256 e. The molecular weight excluding hydrogens is 546 g/mol. The Kier molecular flexibility index (Phi) is 6.25. The molecule has 3 aromatic heterocycles. The number of benzene rings is 4. The maximum atomic E-state index is 4.90. The Balaban J connectivity index is 1.47. The first kappa shape index (κ1) is 27.2. The molecule has 3 heterocycles. The van der Waals surface area contributed by atoms with Gasteiger partial charge in [-0.15, -0.1) is 0 Å². The van der Waals surface area contributed by atoms with Crippen LogP contribution in [-0.2, 0) is 10.8 Å². The van der Waals surface area contributed by atoms with Gasteiger partial charge in [0.2, 0.25) is 0 Å². The molecule has 0 N–H and O–H groups in total. The zero-order valence-corrected chi connectivity index (χ0v) is 25.7. The van der Waals surface area contributed by atoms with E-state index in [0.717, 1.165) is 33.4 Å². The Labute approximate surface area is 264 Å². The topological polar surface area (TPSA) is 38.7 Å². The monoisotopic (exact) mass is 579 g/mol. The van der Waals surface area contributed by atoms with Crippen molar-refractivity contribution in [2.75, 3.05) is 0 Å². The Morgan fingerprint density at radius 2 is 1.20 bits per heavy atom. The third-order valence-corrected chi connectivity index (χ3v) is 9.26. The van der Waals surface area contributed by atoms with Crippen molar-refractivity contribution < 1.29 is 0 Å². The van der Waals surface area contributed by atoms with E-state index in [-0.39, 0.29) is 5.41 Å². The number of rotatable bonds is 4. The Morgan fingerprint density at radius 1 is 0.489 bits per heavy atom. The Morgan fingerprint density at radius 3 is 1.93 bits per heavy atom. The predicted octanol–water partition coefficient (Wildman–Crippen LogP) is 10.0. The standard InChI is InChI=1S/C42H33N3/c1-41(2,3)29-20-23-45-39(26-29)28-12-10-13-30(24-28)42(36-17-6-4-14-32(36)33-15-5-7-18-37(33)42)31-25-35(38-19-8-9-21-43-38)34-16-11-22-44-40(34)27-31/h4-27H,1-3H3. The smallest absolute Gasteiger partial charge is 0.0714 e. The van der Waals surface area contributed by atoms with Crippen molar-refractivity contribution in [1.29, 1.82) is 0 Å². The molecule has 0 aliphatic heterocycles. The van der Waals surface area contributed by atoms with E-state index < -0.39 is 5.41 Å². The highest BCUT2D eigenvalue weighted by molar-refractivity contribution is 5.96. The first-order chi connectivity index (χ1) is 21.9. The molecule has 1 aliphatic rings. The summed E-state index contributed by atoms with van der Waals surface area (Å²) in [4.78, 5) is 14.5. The van der Waals surface area contributed by atoms with Gasteiger partial charge >= 0.3 is 0 Å². The second kappa shape index (κ2) is 10.3. The van der Waals surface area contributed by atoms with Gasteiger partial charge in [0.05, 0.1) is 22.3 Å². The molecule has 0 atom stereocenters. The van der Waals surface area contributed by atoms with E-state index in [2.05, 4.69) is 136 Å². The molecule has 0 radical (unpaired) electrons. The van der Waals surface area contributed by atoms with Crippen LogP contribution in [0.4, 0.5) is 0 Å². The van der Waals surface area contributed by atoms with Crippen LogP contribution in [0.2, 0.25) is 0 Å². The highest BCUT2D eigenvalue weighted by atomic mass is 14.7. The average molecular weight is 580 g/mol. The lowest BCUT2D eigenvalue weighted by Gasteiger charge is -2.34. The van der Waals surface area contributed by atoms with Crippen LogP contribution in [-0.4, -0.2) is 15.0 Å². The van der Waals surface area contributed by atoms with E-state index in [1.165, 1.54) is 38.9 Å². The third-order valence-electron chi connectivity index (χ3n) is 9.26. The molecule has 0 fully saturated rings. The highest BCUT2D eigenvalue weighted by Crippen LogP contribution is 2.57. The van der Waals surface area contributed by atoms with Crippen molar-refractivity contribution in [1.82, 2.24) is 15.0 Å². The summed E-state index contributed by atoms with van der Waals surface area (Å²) in [6.45, 7) is 6.74. The minimum atomic E-state index is -0.583. The second-order valence-electron chi connectivity index (χ2n) is 12.9. The molecule has 1 aliphatic carbocycles. The molecular formula is C42H33N3. The van der Waals surface area contributed by atoms with Crippen molar-refractivity contribution in [2.45, 2.75) is 31.6 Å². The minimum absolute atomic E-state index is 0.0276. The van der Waals surface area contributed by atoms with E-state index in [9.17, 15) is 0 Å². The summed E-state index contributed by atoms with van der Waals surface area (Å²) in [6.07, 6.45) is 5.68. The maximum absolute atomic E-state index is 4.90. The van der Waals surface area contributed by atoms with Gasteiger partial charge < -0.3 is 0 Å². The van der Waals surface area contributed by atoms with Crippen molar-refractivity contribution in [3.8, 4) is 33.6 Å². The van der Waals surface area contributed by atoms with Crippen LogP contribution in [0.3, 0.4) is 0 Å². The van der Waals surface area contributed by atoms with Crippen LogP contribution in [0.5, 0.6) is 0 Å². The van der Waals surface area contributed by atoms with Gasteiger partial charge in [0.25, 0.3) is 0 Å². The van der Waals surface area contributed by atoms with Crippen molar-refractivity contribution in [3.05, 3.63) is 174 Å². The molecule has 0 bridgehead atoms. The van der Waals surface area contributed by atoms with Crippen molar-refractivity contribution in [3.63, 3.8) is 0 Å². The summed E-state index contributed by atoms with van der Waals surface area (Å²) in [5.41, 5.74) is 13.2. The quantitative estimate of drug-likeness (QED) is 0.208. The summed E-state index contributed by atoms with van der Waals surface area (Å²) in [7, 11) is 0. The van der Waals surface area contributed by atoms with Gasteiger partial charge in [-0.2, -0.15) is 0 Å². The number of hydrogen-bond donors (Lipinski definition) is 0. The van der Waals surface area contributed by atoms with Crippen molar-refractivity contribution >= 4 is 10.9 Å². The zero-order valence-electron chi connectivity index (χ0n) is 25.7. The van der Waals surface area contributed by atoms with E-state index in [0.29, 0.717) is 0 Å². The summed E-state index contributed by atoms with van der Waals surface area (Å²) in [5.74, 6) is 0. The molecule has 3 heteroatoms. The van der Waals surface area contributed by atoms with E-state index in [1.54, 1.807) is 0 Å². The molecule has 0 saturated heterocycles. The van der Waals surface area contributed by atoms with Crippen molar-refractivity contribution in [2.24, 2.45) is 0 Å². The molecule has 0 saturated carbocycles. The number of hydrogen-bond acceptors (Lipinski definition) is 3. The lowest BCUT2D eigenvalue weighted by molar-refractivity contribution is 0.589. The predicted molar refractivity (Wildman–Crippen MR) is 184 cm³/mol. The molecule has 0 amide bonds. The summed E-state index contributed by atoms with van der Waals surface area (Å²) >= 11 is 0. The molecule has 4 aromatic carbocycles. The maximum Gasteiger partial charge on any atom is 0.0714 e. The van der Waals surface area contributed by atoms with E-state index in [1.807, 2.05) is 30.7 Å². The third kappa shape index (κ3) is 4.30. The molecule has 7 aromatic rings. The summed E-state index contributed by atoms with van der Waals surface area (Å²) < 4.78 is 0. The summed E-state index contributed by atoms with van der Waals surface area (Å²) in [5, 5.41) is 1.09. The lowest BCUT2D eigenvalue weighted by atomic mass is 9.67. The fourth-order valence-electron chi connectivity index (χ4n) is 7.12. The van der Waals surface area contributed by atoms with Gasteiger partial charge in [0.15, 0.2) is 0 Å². The van der Waals surface area contributed by atoms with Crippen LogP contribution in [0.1, 0.15) is 48.6 Å². The van der Waals surface area contributed by atoms with Gasteiger partial charge in [-0.25, -0.2) is 0 Å². The molecule has 45 heavy (non-hydrogen) atoms. The Bertz CT molecular complexity index is 2160. The number of aromatic nitrogens is 3. The fourth-order valence-corrected chi connectivity index (χ4v) is 7.12. The zero-order chi connectivity index (χ0) is 30.6. The SMILES string of the molecule is CC(C)(C)c1ccnc(-c2cccc(C3(c4cc(-c5ccccn5)c5cccnc5c4)c4ccccc4-c4ccccc43)c2)c1. The Hall–Kier alpha value is -5.41. The first-order valence-corrected chi connectivity index (χ1v) is 15.5. The molecule has 0 spiro atoms. The minimum Gasteiger partial charge on any atom is -0.256 e. The molecule has 3 nitrogen and oxygen atoms in total. The highest BCUT2D eigenvalue weighted by Gasteiger charge is 2.46. The van der Waals surface area contributed by atoms with E-state index >= 15 is 0 Å². The average Bonchev–Trinajstić information content (AvgIpc) is 3.39. The molecule has 8 rings (SSSR count).